The number of aryl methyl sites for hydroxylation is 2. The van der Waals surface area contributed by atoms with Crippen molar-refractivity contribution in [2.24, 2.45) is 0 Å². The van der Waals surface area contributed by atoms with Gasteiger partial charge in [0.2, 0.25) is 0 Å². The molecule has 0 aliphatic heterocycles. The molecule has 132 valence electrons. The first-order valence-electron chi connectivity index (χ1n) is 7.68. The minimum absolute atomic E-state index is 0. The average molecular weight is 388 g/mol. The molecule has 0 radical (unpaired) electrons. The van der Waals surface area contributed by atoms with Gasteiger partial charge in [0, 0.05) is 11.8 Å². The Morgan fingerprint density at radius 3 is 2.56 bits per heavy atom. The molecule has 0 aliphatic carbocycles. The number of aromatic nitrogens is 3. The number of rotatable bonds is 6. The molecule has 0 saturated carbocycles. The Hall–Kier alpha value is -1.42. The zero-order chi connectivity index (χ0) is 17.8. The molecule has 3 aromatic rings. The van der Waals surface area contributed by atoms with E-state index in [1.165, 1.54) is 12.4 Å². The molecule has 2 heterocycles. The number of nitrogens with zero attached hydrogens (tertiary/aromatic N) is 2. The molecular weight excluding hydrogens is 370 g/mol. The van der Waals surface area contributed by atoms with Gasteiger partial charge in [-0.3, -0.25) is 19.5 Å². The molecule has 0 aliphatic rings. The van der Waals surface area contributed by atoms with Crippen molar-refractivity contribution in [2.75, 3.05) is 6.54 Å². The summed E-state index contributed by atoms with van der Waals surface area (Å²) in [6.45, 7) is -0.565. The molecule has 0 atom stereocenters. The van der Waals surface area contributed by atoms with E-state index in [1.54, 1.807) is 4.52 Å². The maximum Gasteiger partial charge on any atom is 1.00 e. The van der Waals surface area contributed by atoms with Crippen LogP contribution in [0.4, 0.5) is 0 Å². The van der Waals surface area contributed by atoms with Gasteiger partial charge in [-0.15, -0.1) is 0 Å². The monoisotopic (exact) mass is 388 g/mol. The second-order valence-corrected chi connectivity index (χ2v) is 5.48. The summed E-state index contributed by atoms with van der Waals surface area (Å²) in [5.74, 6) is -1.95. The number of hydrogen-bond donors (Lipinski definition) is 3. The Balaban J connectivity index is 0. The van der Waals surface area contributed by atoms with Crippen LogP contribution in [0.3, 0.4) is 0 Å². The zero-order valence-corrected chi connectivity index (χ0v) is 19.2. The number of carboxylic acids is 1. The normalized spacial score (nSPS) is 9.93. The van der Waals surface area contributed by atoms with E-state index < -0.39 is 23.9 Å². The molecule has 3 rings (SSSR count). The van der Waals surface area contributed by atoms with E-state index in [0.29, 0.717) is 12.1 Å². The van der Waals surface area contributed by atoms with Gasteiger partial charge in [0.05, 0.1) is 0 Å². The molecule has 3 N–H and O–H groups in total. The third kappa shape index (κ3) is 5.78. The first-order chi connectivity index (χ1) is 12.1. The summed E-state index contributed by atoms with van der Waals surface area (Å²) in [4.78, 5) is 39.1. The van der Waals surface area contributed by atoms with Gasteiger partial charge in [-0.05, 0) is 18.4 Å². The van der Waals surface area contributed by atoms with E-state index in [9.17, 15) is 14.4 Å². The zero-order valence-electron chi connectivity index (χ0n) is 17.2. The van der Waals surface area contributed by atoms with E-state index in [1.807, 2.05) is 30.3 Å². The Morgan fingerprint density at radius 1 is 1.19 bits per heavy atom. The van der Waals surface area contributed by atoms with Gasteiger partial charge in [0.25, 0.3) is 5.91 Å². The van der Waals surface area contributed by atoms with Crippen LogP contribution in [0.5, 0.6) is 0 Å². The van der Waals surface area contributed by atoms with Crippen molar-refractivity contribution in [2.45, 2.75) is 12.8 Å². The predicted molar refractivity (Wildman–Crippen MR) is 91.9 cm³/mol. The van der Waals surface area contributed by atoms with Gasteiger partial charge in [-0.25, -0.2) is 9.50 Å². The van der Waals surface area contributed by atoms with E-state index in [0.717, 1.165) is 12.0 Å². The number of amides is 1. The maximum atomic E-state index is 12.4. The largest absolute Gasteiger partial charge is 1.00 e. The molecule has 8 nitrogen and oxygen atoms in total. The fraction of sp³-hybridized carbons (Fsp3) is 0.176. The summed E-state index contributed by atoms with van der Waals surface area (Å²) in [5.41, 5.74) is 1.34. The van der Waals surface area contributed by atoms with Gasteiger partial charge in [-0.1, -0.05) is 30.3 Å². The Kier molecular flexibility index (Phi) is 9.44. The van der Waals surface area contributed by atoms with E-state index in [2.05, 4.69) is 15.4 Å². The van der Waals surface area contributed by atoms with Crippen molar-refractivity contribution >= 4 is 17.5 Å². The Morgan fingerprint density at radius 2 is 1.89 bits per heavy atom. The quantitative estimate of drug-likeness (QED) is 0.365. The summed E-state index contributed by atoms with van der Waals surface area (Å²) in [5, 5.41) is 13.7. The fourth-order valence-electron chi connectivity index (χ4n) is 2.62. The van der Waals surface area contributed by atoms with Crippen molar-refractivity contribution in [1.29, 1.82) is 0 Å². The van der Waals surface area contributed by atoms with Gasteiger partial charge >= 0.3 is 65.1 Å². The van der Waals surface area contributed by atoms with Crippen molar-refractivity contribution in [3.63, 3.8) is 0 Å². The van der Waals surface area contributed by atoms with Gasteiger partial charge in [0.1, 0.15) is 18.4 Å². The molecule has 0 saturated heterocycles. The molecule has 1 amide bonds. The van der Waals surface area contributed by atoms with Crippen LogP contribution < -0.4 is 69.9 Å². The van der Waals surface area contributed by atoms with Crippen LogP contribution in [-0.2, 0) is 17.6 Å². The molecule has 2 aromatic heterocycles. The second-order valence-electron chi connectivity index (χ2n) is 5.48. The number of aliphatic carboxylic acids is 1. The number of benzene rings is 1. The molecule has 1 aromatic carbocycles. The average Bonchev–Trinajstić information content (AvgIpc) is 3.08. The number of hydrogen-bond acceptors (Lipinski definition) is 4. The van der Waals surface area contributed by atoms with Crippen molar-refractivity contribution < 1.29 is 76.7 Å². The molecule has 0 unspecified atom stereocenters. The van der Waals surface area contributed by atoms with E-state index in [4.69, 9.17) is 5.11 Å². The van der Waals surface area contributed by atoms with Gasteiger partial charge < -0.3 is 13.3 Å². The molecule has 0 fully saturated rings. The first-order valence-corrected chi connectivity index (χ1v) is 7.68. The third-order valence-corrected chi connectivity index (χ3v) is 3.78. The molecule has 0 bridgehead atoms. The number of carbonyl (C=O) groups is 2. The fourth-order valence-corrected chi connectivity index (χ4v) is 2.62. The number of pyridine rings is 1. The minimum Gasteiger partial charge on any atom is -1.00 e. The number of carbonyl (C=O) groups excluding carboxylic acids is 1. The van der Waals surface area contributed by atoms with Crippen molar-refractivity contribution in [1.82, 2.24) is 19.9 Å². The summed E-state index contributed by atoms with van der Waals surface area (Å²) in [6.07, 6.45) is 2.69. The van der Waals surface area contributed by atoms with Crippen LogP contribution in [0.2, 0.25) is 0 Å². The summed E-state index contributed by atoms with van der Waals surface area (Å²) in [6, 6.07) is 11.2. The Bertz CT molecular complexity index is 996. The molecule has 0 spiro atoms. The van der Waals surface area contributed by atoms with Crippen LogP contribution in [-0.4, -0.2) is 38.1 Å². The number of carboxylic acid groups (broad SMARTS) is 1. The standard InChI is InChI=1S/C17H16N4O4.2Na.2H/c22-13-8-12(7-6-11-4-2-1-3-5-11)21-16(19-10-20-21)15(13)17(25)18-9-14(23)24;;;;/h1-5,8,10H,6-7,9H2,(H,18,25)(H,19,20)(H,23,24);;;;/q;2*+1;2*-1. The number of H-pyrrole nitrogens is 1. The van der Waals surface area contributed by atoms with Crippen LogP contribution in [0.25, 0.3) is 5.65 Å². The van der Waals surface area contributed by atoms with Crippen LogP contribution in [0, 0.1) is 0 Å². The van der Waals surface area contributed by atoms with Crippen LogP contribution in [0.1, 0.15) is 24.5 Å². The van der Waals surface area contributed by atoms with E-state index in [-0.39, 0.29) is 73.2 Å². The van der Waals surface area contributed by atoms with Crippen LogP contribution in [0.15, 0.2) is 47.5 Å². The topological polar surface area (TPSA) is 117 Å². The first kappa shape index (κ1) is 23.6. The van der Waals surface area contributed by atoms with Crippen LogP contribution >= 0.6 is 0 Å². The Labute approximate surface area is 201 Å². The second kappa shape index (κ2) is 10.8. The summed E-state index contributed by atoms with van der Waals surface area (Å²) in [7, 11) is 0. The maximum absolute atomic E-state index is 12.4. The smallest absolute Gasteiger partial charge is 1.00 e. The predicted octanol–water partition coefficient (Wildman–Crippen LogP) is -5.14. The van der Waals surface area contributed by atoms with Gasteiger partial charge in [0.15, 0.2) is 11.1 Å². The summed E-state index contributed by atoms with van der Waals surface area (Å²) < 4.78 is 1.57. The molecule has 10 heteroatoms. The minimum atomic E-state index is -1.19. The van der Waals surface area contributed by atoms with E-state index >= 15 is 0 Å². The van der Waals surface area contributed by atoms with Crippen molar-refractivity contribution in [3.8, 4) is 0 Å². The molecular formula is C17H18N4Na2O4. The molecule has 27 heavy (non-hydrogen) atoms. The SMILES string of the molecule is O=C(O)CNC(=O)c1c(=O)cc(CCc2ccccc2)n2[nH]cnc12.[H-].[H-].[Na+].[Na+]. The number of nitrogens with one attached hydrogen (secondary N) is 2. The van der Waals surface area contributed by atoms with Gasteiger partial charge in [-0.2, -0.15) is 0 Å². The summed E-state index contributed by atoms with van der Waals surface area (Å²) >= 11 is 0. The number of aromatic amines is 1. The van der Waals surface area contributed by atoms with Crippen molar-refractivity contribution in [3.05, 3.63) is 69.8 Å². The number of fused-ring (bicyclic) bond motifs is 1. The third-order valence-electron chi connectivity index (χ3n) is 3.78.